The van der Waals surface area contributed by atoms with Crippen LogP contribution in [0.5, 0.6) is 0 Å². The van der Waals surface area contributed by atoms with E-state index in [1.807, 2.05) is 0 Å². The number of rotatable bonds is 3. The number of β-lactam (4-membered cyclic amide) rings is 1. The maximum Gasteiger partial charge on any atom is 0.227 e. The van der Waals surface area contributed by atoms with Crippen molar-refractivity contribution >= 4 is 16.0 Å². The number of hydrogen-bond acceptors (Lipinski definition) is 4. The van der Waals surface area contributed by atoms with Crippen LogP contribution in [-0.2, 0) is 14.9 Å². The molecule has 1 amide bonds. The second-order valence-corrected chi connectivity index (χ2v) is 4.78. The van der Waals surface area contributed by atoms with Crippen LogP contribution < -0.4 is 5.32 Å². The lowest BCUT2D eigenvalue weighted by Crippen LogP contribution is -2.57. The number of hydrogen-bond donors (Lipinski definition) is 1. The lowest BCUT2D eigenvalue weighted by atomic mass is 9.80. The first-order chi connectivity index (χ1) is 5.33. The van der Waals surface area contributed by atoms with Crippen LogP contribution in [0.4, 0.5) is 0 Å². The van der Waals surface area contributed by atoms with Crippen LogP contribution in [0.2, 0.25) is 0 Å². The summed E-state index contributed by atoms with van der Waals surface area (Å²) in [5.74, 6) is -0.636. The van der Waals surface area contributed by atoms with Gasteiger partial charge in [-0.1, -0.05) is 0 Å². The van der Waals surface area contributed by atoms with Gasteiger partial charge in [-0.05, 0) is 13.3 Å². The minimum atomic E-state index is -4.19. The van der Waals surface area contributed by atoms with E-state index in [4.69, 9.17) is 0 Å². The van der Waals surface area contributed by atoms with E-state index in [9.17, 15) is 17.8 Å². The number of carbonyl (C=O) groups is 1. The second-order valence-electron chi connectivity index (χ2n) is 3.26. The summed E-state index contributed by atoms with van der Waals surface area (Å²) in [4.78, 5) is 10.9. The van der Waals surface area contributed by atoms with Gasteiger partial charge in [0.15, 0.2) is 0 Å². The SMILES string of the molecule is CC1(CCS(=O)(=O)[O-])CNC1=O. The molecule has 0 saturated carbocycles. The van der Waals surface area contributed by atoms with Crippen LogP contribution in [0.15, 0.2) is 0 Å². The summed E-state index contributed by atoms with van der Waals surface area (Å²) in [6.07, 6.45) is 0.116. The number of amides is 1. The zero-order chi connectivity index (χ0) is 9.41. The Morgan fingerprint density at radius 1 is 1.67 bits per heavy atom. The fourth-order valence-corrected chi connectivity index (χ4v) is 1.72. The predicted octanol–water partition coefficient (Wildman–Crippen LogP) is -0.942. The van der Waals surface area contributed by atoms with E-state index in [1.165, 1.54) is 0 Å². The molecule has 1 saturated heterocycles. The maximum absolute atomic E-state index is 10.9. The molecule has 6 heteroatoms. The molecule has 0 spiro atoms. The van der Waals surface area contributed by atoms with E-state index in [1.54, 1.807) is 6.92 Å². The van der Waals surface area contributed by atoms with Gasteiger partial charge in [0.1, 0.15) is 0 Å². The topological polar surface area (TPSA) is 86.3 Å². The Bertz CT molecular complexity index is 297. The third-order valence-electron chi connectivity index (χ3n) is 2.09. The largest absolute Gasteiger partial charge is 0.748 e. The molecular weight excluding hydrogens is 182 g/mol. The third kappa shape index (κ3) is 1.95. The van der Waals surface area contributed by atoms with E-state index in [-0.39, 0.29) is 12.3 Å². The van der Waals surface area contributed by atoms with Crippen LogP contribution >= 0.6 is 0 Å². The normalized spacial score (nSPS) is 29.3. The smallest absolute Gasteiger partial charge is 0.227 e. The van der Waals surface area contributed by atoms with Crippen molar-refractivity contribution in [2.75, 3.05) is 12.3 Å². The summed E-state index contributed by atoms with van der Waals surface area (Å²) in [5.41, 5.74) is -0.641. The van der Waals surface area contributed by atoms with E-state index in [0.29, 0.717) is 6.54 Å². The minimum Gasteiger partial charge on any atom is -0.748 e. The monoisotopic (exact) mass is 192 g/mol. The van der Waals surface area contributed by atoms with Gasteiger partial charge in [-0.25, -0.2) is 8.42 Å². The highest BCUT2D eigenvalue weighted by molar-refractivity contribution is 7.85. The molecule has 0 radical (unpaired) electrons. The average Bonchev–Trinajstić information content (AvgIpc) is 1.96. The molecule has 1 fully saturated rings. The van der Waals surface area contributed by atoms with Gasteiger partial charge in [0.2, 0.25) is 5.91 Å². The molecule has 5 nitrogen and oxygen atoms in total. The van der Waals surface area contributed by atoms with Crippen molar-refractivity contribution in [3.8, 4) is 0 Å². The predicted molar refractivity (Wildman–Crippen MR) is 40.3 cm³/mol. The molecule has 1 atom stereocenters. The van der Waals surface area contributed by atoms with Crippen LogP contribution in [0.1, 0.15) is 13.3 Å². The van der Waals surface area contributed by atoms with E-state index in [2.05, 4.69) is 5.32 Å². The molecule has 1 unspecified atom stereocenters. The Morgan fingerprint density at radius 2 is 2.25 bits per heavy atom. The zero-order valence-corrected chi connectivity index (χ0v) is 7.48. The highest BCUT2D eigenvalue weighted by Crippen LogP contribution is 2.27. The molecule has 0 aromatic heterocycles. The first-order valence-corrected chi connectivity index (χ1v) is 5.13. The molecule has 0 bridgehead atoms. The highest BCUT2D eigenvalue weighted by Gasteiger charge is 2.41. The Kier molecular flexibility index (Phi) is 2.13. The summed E-state index contributed by atoms with van der Waals surface area (Å²) >= 11 is 0. The summed E-state index contributed by atoms with van der Waals surface area (Å²) < 4.78 is 30.7. The average molecular weight is 192 g/mol. The summed E-state index contributed by atoms with van der Waals surface area (Å²) in [6, 6.07) is 0. The van der Waals surface area contributed by atoms with Gasteiger partial charge in [-0.3, -0.25) is 4.79 Å². The van der Waals surface area contributed by atoms with Crippen LogP contribution in [0, 0.1) is 5.41 Å². The highest BCUT2D eigenvalue weighted by atomic mass is 32.2. The molecule has 0 aliphatic carbocycles. The molecule has 1 aliphatic rings. The van der Waals surface area contributed by atoms with Crippen LogP contribution in [0.3, 0.4) is 0 Å². The summed E-state index contributed by atoms with van der Waals surface area (Å²) in [5, 5.41) is 2.50. The zero-order valence-electron chi connectivity index (χ0n) is 6.66. The molecule has 0 aromatic carbocycles. The molecule has 1 rings (SSSR count). The molecule has 1 aliphatic heterocycles. The molecule has 70 valence electrons. The van der Waals surface area contributed by atoms with Gasteiger partial charge in [-0.2, -0.15) is 0 Å². The second kappa shape index (κ2) is 2.70. The number of nitrogens with one attached hydrogen (secondary N) is 1. The van der Waals surface area contributed by atoms with Crippen molar-refractivity contribution in [1.82, 2.24) is 5.32 Å². The standard InChI is InChI=1S/C6H11NO4S/c1-6(4-7-5(6)8)2-3-12(9,10)11/h2-4H2,1H3,(H,7,8)(H,9,10,11)/p-1. The quantitative estimate of drug-likeness (QED) is 0.461. The molecule has 1 N–H and O–H groups in total. The maximum atomic E-state index is 10.9. The van der Waals surface area contributed by atoms with Gasteiger partial charge in [0, 0.05) is 12.3 Å². The van der Waals surface area contributed by atoms with Crippen molar-refractivity contribution in [2.45, 2.75) is 13.3 Å². The lowest BCUT2D eigenvalue weighted by Gasteiger charge is -2.37. The van der Waals surface area contributed by atoms with Crippen LogP contribution in [0.25, 0.3) is 0 Å². The Morgan fingerprint density at radius 3 is 2.50 bits per heavy atom. The Labute approximate surface area is 70.9 Å². The lowest BCUT2D eigenvalue weighted by molar-refractivity contribution is -0.138. The third-order valence-corrected chi connectivity index (χ3v) is 2.80. The van der Waals surface area contributed by atoms with Crippen molar-refractivity contribution in [3.05, 3.63) is 0 Å². The molecule has 0 aromatic rings. The van der Waals surface area contributed by atoms with Gasteiger partial charge in [0.25, 0.3) is 0 Å². The van der Waals surface area contributed by atoms with E-state index < -0.39 is 21.3 Å². The van der Waals surface area contributed by atoms with Crippen LogP contribution in [-0.4, -0.2) is 31.2 Å². The van der Waals surface area contributed by atoms with Crippen molar-refractivity contribution in [2.24, 2.45) is 5.41 Å². The van der Waals surface area contributed by atoms with Gasteiger partial charge >= 0.3 is 0 Å². The minimum absolute atomic E-state index is 0.116. The van der Waals surface area contributed by atoms with Crippen molar-refractivity contribution in [3.63, 3.8) is 0 Å². The van der Waals surface area contributed by atoms with E-state index in [0.717, 1.165) is 0 Å². The Balaban J connectivity index is 2.48. The van der Waals surface area contributed by atoms with Crippen molar-refractivity contribution in [1.29, 1.82) is 0 Å². The fourth-order valence-electron chi connectivity index (χ4n) is 1.01. The molecular formula is C6H10NO4S-. The molecule has 12 heavy (non-hydrogen) atoms. The van der Waals surface area contributed by atoms with E-state index >= 15 is 0 Å². The first-order valence-electron chi connectivity index (χ1n) is 3.55. The van der Waals surface area contributed by atoms with Gasteiger partial charge in [0.05, 0.1) is 15.5 Å². The summed E-state index contributed by atoms with van der Waals surface area (Å²) in [7, 11) is -4.19. The van der Waals surface area contributed by atoms with Crippen molar-refractivity contribution < 1.29 is 17.8 Å². The first kappa shape index (κ1) is 9.47. The van der Waals surface area contributed by atoms with Gasteiger partial charge in [-0.15, -0.1) is 0 Å². The Hall–Kier alpha value is -0.620. The fraction of sp³-hybridized carbons (Fsp3) is 0.833. The van der Waals surface area contributed by atoms with Gasteiger partial charge < -0.3 is 9.87 Å². The molecule has 1 heterocycles. The summed E-state index contributed by atoms with van der Waals surface area (Å²) in [6.45, 7) is 2.11. The number of carbonyl (C=O) groups excluding carboxylic acids is 1.